The Balaban J connectivity index is 2.15. The second-order valence-electron chi connectivity index (χ2n) is 5.51. The van der Waals surface area contributed by atoms with Gasteiger partial charge in [0.15, 0.2) is 0 Å². The maximum atomic E-state index is 12.5. The van der Waals surface area contributed by atoms with Gasteiger partial charge in [-0.2, -0.15) is 5.10 Å². The highest BCUT2D eigenvalue weighted by Crippen LogP contribution is 2.21. The van der Waals surface area contributed by atoms with Gasteiger partial charge in [0.05, 0.1) is 17.1 Å². The van der Waals surface area contributed by atoms with E-state index in [9.17, 15) is 14.9 Å². The summed E-state index contributed by atoms with van der Waals surface area (Å²) in [6, 6.07) is -0.574. The van der Waals surface area contributed by atoms with Crippen LogP contribution >= 0.6 is 0 Å². The van der Waals surface area contributed by atoms with Crippen molar-refractivity contribution in [3.05, 3.63) is 22.0 Å². The van der Waals surface area contributed by atoms with Gasteiger partial charge in [-0.05, 0) is 27.7 Å². The third-order valence-corrected chi connectivity index (χ3v) is 3.57. The SMILES string of the molecule is Cc1nn([C@@H](C)C(=O)N2C[C@@H](C)O[C@H](C)C2)cc1[N+](=O)[O-]. The second kappa shape index (κ2) is 5.80. The molecule has 1 aliphatic rings. The van der Waals surface area contributed by atoms with Crippen molar-refractivity contribution in [3.63, 3.8) is 0 Å². The van der Waals surface area contributed by atoms with E-state index in [-0.39, 0.29) is 23.8 Å². The Morgan fingerprint density at radius 2 is 2.05 bits per heavy atom. The van der Waals surface area contributed by atoms with E-state index in [1.807, 2.05) is 13.8 Å². The van der Waals surface area contributed by atoms with Crippen LogP contribution in [0.2, 0.25) is 0 Å². The minimum Gasteiger partial charge on any atom is -0.372 e. The first kappa shape index (κ1) is 15.4. The standard InChI is InChI=1S/C13H20N4O4/c1-8-5-15(6-9(2)21-8)13(18)11(4)16-7-12(17(19)20)10(3)14-16/h7-9,11H,5-6H2,1-4H3/t8-,9-,11+/m1/s1. The molecule has 0 bridgehead atoms. The summed E-state index contributed by atoms with van der Waals surface area (Å²) in [5, 5.41) is 14.9. The molecule has 3 atom stereocenters. The third kappa shape index (κ3) is 3.21. The zero-order valence-corrected chi connectivity index (χ0v) is 12.6. The highest BCUT2D eigenvalue weighted by molar-refractivity contribution is 5.80. The van der Waals surface area contributed by atoms with Gasteiger partial charge in [0, 0.05) is 13.1 Å². The molecular formula is C13H20N4O4. The van der Waals surface area contributed by atoms with Crippen molar-refractivity contribution in [1.82, 2.24) is 14.7 Å². The van der Waals surface area contributed by atoms with Crippen molar-refractivity contribution in [3.8, 4) is 0 Å². The van der Waals surface area contributed by atoms with Crippen LogP contribution in [0.25, 0.3) is 0 Å². The van der Waals surface area contributed by atoms with E-state index in [0.29, 0.717) is 18.8 Å². The molecule has 1 aromatic rings. The predicted octanol–water partition coefficient (Wildman–Crippen LogP) is 1.30. The molecule has 2 heterocycles. The van der Waals surface area contributed by atoms with E-state index in [4.69, 9.17) is 4.74 Å². The highest BCUT2D eigenvalue weighted by atomic mass is 16.6. The number of hydrogen-bond acceptors (Lipinski definition) is 5. The van der Waals surface area contributed by atoms with E-state index < -0.39 is 11.0 Å². The molecule has 1 fully saturated rings. The van der Waals surface area contributed by atoms with E-state index >= 15 is 0 Å². The zero-order valence-electron chi connectivity index (χ0n) is 12.6. The normalized spacial score (nSPS) is 23.9. The average Bonchev–Trinajstić information content (AvgIpc) is 2.78. The number of morpholine rings is 1. The third-order valence-electron chi connectivity index (χ3n) is 3.57. The summed E-state index contributed by atoms with van der Waals surface area (Å²) in [4.78, 5) is 24.6. The van der Waals surface area contributed by atoms with Crippen LogP contribution < -0.4 is 0 Å². The van der Waals surface area contributed by atoms with Crippen molar-refractivity contribution < 1.29 is 14.5 Å². The van der Waals surface area contributed by atoms with E-state index in [0.717, 1.165) is 0 Å². The van der Waals surface area contributed by atoms with Crippen LogP contribution in [0.3, 0.4) is 0 Å². The Labute approximate surface area is 122 Å². The monoisotopic (exact) mass is 296 g/mol. The fourth-order valence-electron chi connectivity index (χ4n) is 2.58. The zero-order chi connectivity index (χ0) is 15.7. The van der Waals surface area contributed by atoms with Crippen LogP contribution in [0.4, 0.5) is 5.69 Å². The van der Waals surface area contributed by atoms with Gasteiger partial charge in [-0.1, -0.05) is 0 Å². The molecule has 0 N–H and O–H groups in total. The molecule has 1 saturated heterocycles. The molecule has 0 spiro atoms. The largest absolute Gasteiger partial charge is 0.372 e. The number of rotatable bonds is 3. The number of aryl methyl sites for hydroxylation is 1. The van der Waals surface area contributed by atoms with Gasteiger partial charge in [-0.3, -0.25) is 19.6 Å². The lowest BCUT2D eigenvalue weighted by atomic mass is 10.2. The van der Waals surface area contributed by atoms with Crippen molar-refractivity contribution >= 4 is 11.6 Å². The van der Waals surface area contributed by atoms with Crippen LogP contribution in [0, 0.1) is 17.0 Å². The van der Waals surface area contributed by atoms with Gasteiger partial charge in [-0.25, -0.2) is 0 Å². The highest BCUT2D eigenvalue weighted by Gasteiger charge is 2.30. The molecular weight excluding hydrogens is 276 g/mol. The fourth-order valence-corrected chi connectivity index (χ4v) is 2.58. The van der Waals surface area contributed by atoms with Gasteiger partial charge < -0.3 is 9.64 Å². The summed E-state index contributed by atoms with van der Waals surface area (Å²) >= 11 is 0. The first-order chi connectivity index (χ1) is 9.79. The van der Waals surface area contributed by atoms with Crippen LogP contribution in [-0.2, 0) is 9.53 Å². The fraction of sp³-hybridized carbons (Fsp3) is 0.692. The minimum atomic E-state index is -0.574. The number of hydrogen-bond donors (Lipinski definition) is 0. The van der Waals surface area contributed by atoms with Gasteiger partial charge in [0.1, 0.15) is 17.9 Å². The van der Waals surface area contributed by atoms with E-state index in [1.165, 1.54) is 10.9 Å². The van der Waals surface area contributed by atoms with Gasteiger partial charge in [0.25, 0.3) is 0 Å². The molecule has 2 rings (SSSR count). The molecule has 0 aromatic carbocycles. The molecule has 0 saturated carbocycles. The molecule has 21 heavy (non-hydrogen) atoms. The molecule has 0 radical (unpaired) electrons. The summed E-state index contributed by atoms with van der Waals surface area (Å²) in [6.07, 6.45) is 1.28. The summed E-state index contributed by atoms with van der Waals surface area (Å²) in [6.45, 7) is 8.15. The lowest BCUT2D eigenvalue weighted by Gasteiger charge is -2.36. The molecule has 1 aromatic heterocycles. The summed E-state index contributed by atoms with van der Waals surface area (Å²) in [5.41, 5.74) is 0.238. The first-order valence-electron chi connectivity index (χ1n) is 6.94. The summed E-state index contributed by atoms with van der Waals surface area (Å²) in [5.74, 6) is -0.102. The lowest BCUT2D eigenvalue weighted by molar-refractivity contribution is -0.385. The Bertz CT molecular complexity index is 546. The van der Waals surface area contributed by atoms with E-state index in [1.54, 1.807) is 18.7 Å². The maximum absolute atomic E-state index is 12.5. The quantitative estimate of drug-likeness (QED) is 0.619. The number of carbonyl (C=O) groups is 1. The molecule has 1 aliphatic heterocycles. The molecule has 116 valence electrons. The number of carbonyl (C=O) groups excluding carboxylic acids is 1. The van der Waals surface area contributed by atoms with Crippen LogP contribution in [0.15, 0.2) is 6.20 Å². The summed E-state index contributed by atoms with van der Waals surface area (Å²) in [7, 11) is 0. The van der Waals surface area contributed by atoms with Crippen molar-refractivity contribution in [1.29, 1.82) is 0 Å². The molecule has 8 heteroatoms. The average molecular weight is 296 g/mol. The van der Waals surface area contributed by atoms with Crippen LogP contribution in [0.5, 0.6) is 0 Å². The van der Waals surface area contributed by atoms with Crippen LogP contribution in [0.1, 0.15) is 32.5 Å². The number of amides is 1. The summed E-state index contributed by atoms with van der Waals surface area (Å²) < 4.78 is 6.96. The van der Waals surface area contributed by atoms with Crippen molar-refractivity contribution in [2.75, 3.05) is 13.1 Å². The van der Waals surface area contributed by atoms with Crippen molar-refractivity contribution in [2.24, 2.45) is 0 Å². The molecule has 8 nitrogen and oxygen atoms in total. The molecule has 0 aliphatic carbocycles. The topological polar surface area (TPSA) is 90.5 Å². The smallest absolute Gasteiger partial charge is 0.309 e. The predicted molar refractivity (Wildman–Crippen MR) is 74.9 cm³/mol. The minimum absolute atomic E-state index is 0.0152. The van der Waals surface area contributed by atoms with Gasteiger partial charge >= 0.3 is 5.69 Å². The number of aromatic nitrogens is 2. The van der Waals surface area contributed by atoms with Gasteiger partial charge in [0.2, 0.25) is 5.91 Å². The van der Waals surface area contributed by atoms with Gasteiger partial charge in [-0.15, -0.1) is 0 Å². The number of ether oxygens (including phenoxy) is 1. The first-order valence-corrected chi connectivity index (χ1v) is 6.94. The Kier molecular flexibility index (Phi) is 4.26. The Morgan fingerprint density at radius 1 is 1.48 bits per heavy atom. The lowest BCUT2D eigenvalue weighted by Crippen LogP contribution is -2.50. The second-order valence-corrected chi connectivity index (χ2v) is 5.51. The van der Waals surface area contributed by atoms with E-state index in [2.05, 4.69) is 5.10 Å². The van der Waals surface area contributed by atoms with Crippen molar-refractivity contribution in [2.45, 2.75) is 45.9 Å². The Morgan fingerprint density at radius 3 is 2.52 bits per heavy atom. The number of nitrogens with zero attached hydrogens (tertiary/aromatic N) is 4. The Hall–Kier alpha value is -1.96. The molecule has 1 amide bonds. The number of nitro groups is 1. The maximum Gasteiger partial charge on any atom is 0.309 e. The molecule has 0 unspecified atom stereocenters. The van der Waals surface area contributed by atoms with Crippen LogP contribution in [-0.4, -0.2) is 50.8 Å².